The Kier molecular flexibility index (Phi) is 5.11. The van der Waals surface area contributed by atoms with Gasteiger partial charge in [0.25, 0.3) is 0 Å². The molecule has 1 aromatic carbocycles. The monoisotopic (exact) mass is 296 g/mol. The third kappa shape index (κ3) is 3.70. The normalized spacial score (nSPS) is 14.9. The summed E-state index contributed by atoms with van der Waals surface area (Å²) < 4.78 is 28.1. The summed E-state index contributed by atoms with van der Waals surface area (Å²) in [6.07, 6.45) is -2.14. The molecule has 1 aromatic rings. The van der Waals surface area contributed by atoms with Crippen molar-refractivity contribution in [1.29, 1.82) is 0 Å². The Bertz CT molecular complexity index is 336. The zero-order valence-electron chi connectivity index (χ0n) is 8.19. The van der Waals surface area contributed by atoms with E-state index in [9.17, 15) is 19.0 Å². The third-order valence-corrected chi connectivity index (χ3v) is 2.61. The molecule has 16 heavy (non-hydrogen) atoms. The van der Waals surface area contributed by atoms with Gasteiger partial charge in [-0.25, -0.2) is 0 Å². The lowest BCUT2D eigenvalue weighted by molar-refractivity contribution is -0.0501. The average Bonchev–Trinajstić information content (AvgIpc) is 2.26. The van der Waals surface area contributed by atoms with Gasteiger partial charge in [0, 0.05) is 5.33 Å². The summed E-state index contributed by atoms with van der Waals surface area (Å²) >= 11 is 3.01. The van der Waals surface area contributed by atoms with E-state index >= 15 is 0 Å². The molecule has 1 rings (SSSR count). The van der Waals surface area contributed by atoms with E-state index in [0.717, 1.165) is 0 Å². The lowest BCUT2D eigenvalue weighted by atomic mass is 10.1. The van der Waals surface area contributed by atoms with Crippen LogP contribution < -0.4 is 4.74 Å². The van der Waals surface area contributed by atoms with E-state index in [0.29, 0.717) is 5.56 Å². The first-order valence-corrected chi connectivity index (χ1v) is 5.63. The lowest BCUT2D eigenvalue weighted by Gasteiger charge is -2.16. The Morgan fingerprint density at radius 2 is 2.00 bits per heavy atom. The largest absolute Gasteiger partial charge is 0.435 e. The molecule has 2 unspecified atom stereocenters. The number of aliphatic hydroxyl groups excluding tert-OH is 2. The first-order valence-electron chi connectivity index (χ1n) is 4.51. The molecule has 90 valence electrons. The summed E-state index contributed by atoms with van der Waals surface area (Å²) in [6.45, 7) is -2.91. The Morgan fingerprint density at radius 1 is 1.31 bits per heavy atom. The number of alkyl halides is 3. The molecule has 0 saturated heterocycles. The molecule has 0 aliphatic rings. The maximum atomic E-state index is 11.9. The fourth-order valence-electron chi connectivity index (χ4n) is 1.18. The van der Waals surface area contributed by atoms with Gasteiger partial charge in [-0.15, -0.1) is 0 Å². The molecular weight excluding hydrogens is 286 g/mol. The maximum Gasteiger partial charge on any atom is 0.387 e. The van der Waals surface area contributed by atoms with Crippen molar-refractivity contribution in [1.82, 2.24) is 0 Å². The molecule has 0 aromatic heterocycles. The summed E-state index contributed by atoms with van der Waals surface area (Å²) in [6, 6.07) is 5.61. The smallest absolute Gasteiger partial charge is 0.387 e. The number of hydrogen-bond donors (Lipinski definition) is 2. The minimum Gasteiger partial charge on any atom is -0.435 e. The van der Waals surface area contributed by atoms with Gasteiger partial charge >= 0.3 is 6.61 Å². The van der Waals surface area contributed by atoms with Crippen molar-refractivity contribution in [3.05, 3.63) is 29.8 Å². The average molecular weight is 297 g/mol. The Labute approximate surface area is 99.8 Å². The fraction of sp³-hybridized carbons (Fsp3) is 0.400. The second-order valence-electron chi connectivity index (χ2n) is 3.12. The molecule has 0 saturated carbocycles. The van der Waals surface area contributed by atoms with Crippen LogP contribution >= 0.6 is 15.9 Å². The Balaban J connectivity index is 2.81. The Morgan fingerprint density at radius 3 is 2.56 bits per heavy atom. The van der Waals surface area contributed by atoms with Crippen LogP contribution in [0.15, 0.2) is 24.3 Å². The van der Waals surface area contributed by atoms with Crippen LogP contribution in [-0.4, -0.2) is 28.3 Å². The number of benzene rings is 1. The lowest BCUT2D eigenvalue weighted by Crippen LogP contribution is -2.19. The van der Waals surface area contributed by atoms with E-state index in [2.05, 4.69) is 20.7 Å². The highest BCUT2D eigenvalue weighted by Gasteiger charge is 2.17. The van der Waals surface area contributed by atoms with Gasteiger partial charge in [-0.1, -0.05) is 28.1 Å². The predicted molar refractivity (Wildman–Crippen MR) is 57.8 cm³/mol. The molecule has 0 aliphatic carbocycles. The van der Waals surface area contributed by atoms with Crippen LogP contribution in [0.2, 0.25) is 0 Å². The quantitative estimate of drug-likeness (QED) is 0.818. The van der Waals surface area contributed by atoms with E-state index in [1.165, 1.54) is 24.3 Å². The van der Waals surface area contributed by atoms with Crippen molar-refractivity contribution in [2.24, 2.45) is 0 Å². The number of hydrogen-bond acceptors (Lipinski definition) is 3. The van der Waals surface area contributed by atoms with Crippen molar-refractivity contribution in [3.8, 4) is 5.75 Å². The summed E-state index contributed by atoms with van der Waals surface area (Å²) in [5, 5.41) is 19.2. The minimum absolute atomic E-state index is 0.0478. The van der Waals surface area contributed by atoms with Crippen LogP contribution in [0.4, 0.5) is 8.78 Å². The van der Waals surface area contributed by atoms with Crippen LogP contribution in [0, 0.1) is 0 Å². The highest BCUT2D eigenvalue weighted by molar-refractivity contribution is 9.09. The van der Waals surface area contributed by atoms with Crippen LogP contribution in [0.3, 0.4) is 0 Å². The zero-order chi connectivity index (χ0) is 12.1. The van der Waals surface area contributed by atoms with E-state index in [4.69, 9.17) is 0 Å². The number of aliphatic hydroxyl groups is 2. The molecule has 0 fully saturated rings. The van der Waals surface area contributed by atoms with Gasteiger partial charge in [0.05, 0.1) is 6.10 Å². The number of rotatable bonds is 5. The first kappa shape index (κ1) is 13.3. The topological polar surface area (TPSA) is 49.7 Å². The molecule has 3 nitrogen and oxygen atoms in total. The Hall–Kier alpha value is -0.720. The van der Waals surface area contributed by atoms with Crippen molar-refractivity contribution in [2.45, 2.75) is 18.8 Å². The second kappa shape index (κ2) is 6.12. The summed E-state index contributed by atoms with van der Waals surface area (Å²) in [5.41, 5.74) is 0.324. The fourth-order valence-corrected chi connectivity index (χ4v) is 1.54. The van der Waals surface area contributed by atoms with Crippen molar-refractivity contribution < 1.29 is 23.7 Å². The van der Waals surface area contributed by atoms with Gasteiger partial charge < -0.3 is 14.9 Å². The third-order valence-electron chi connectivity index (χ3n) is 1.95. The minimum atomic E-state index is -2.91. The van der Waals surface area contributed by atoms with E-state index < -0.39 is 18.8 Å². The van der Waals surface area contributed by atoms with Crippen molar-refractivity contribution in [2.75, 3.05) is 5.33 Å². The van der Waals surface area contributed by atoms with Crippen LogP contribution in [0.1, 0.15) is 11.7 Å². The molecule has 0 radical (unpaired) electrons. The van der Waals surface area contributed by atoms with Crippen molar-refractivity contribution >= 4 is 15.9 Å². The second-order valence-corrected chi connectivity index (χ2v) is 3.76. The van der Waals surface area contributed by atoms with Gasteiger partial charge in [-0.3, -0.25) is 0 Å². The molecule has 2 N–H and O–H groups in total. The SMILES string of the molecule is OC(CBr)C(O)c1cccc(OC(F)F)c1. The van der Waals surface area contributed by atoms with Gasteiger partial charge in [0.15, 0.2) is 0 Å². The van der Waals surface area contributed by atoms with Crippen molar-refractivity contribution in [3.63, 3.8) is 0 Å². The van der Waals surface area contributed by atoms with Crippen LogP contribution in [0.25, 0.3) is 0 Å². The van der Waals surface area contributed by atoms with Crippen LogP contribution in [-0.2, 0) is 0 Å². The maximum absolute atomic E-state index is 11.9. The summed E-state index contributed by atoms with van der Waals surface area (Å²) in [5.74, 6) is -0.0478. The molecule has 6 heteroatoms. The zero-order valence-corrected chi connectivity index (χ0v) is 9.77. The highest BCUT2D eigenvalue weighted by atomic mass is 79.9. The number of halogens is 3. The van der Waals surface area contributed by atoms with Gasteiger partial charge in [0.1, 0.15) is 11.9 Å². The molecular formula is C10H11BrF2O3. The van der Waals surface area contributed by atoms with Gasteiger partial charge in [0.2, 0.25) is 0 Å². The molecule has 0 spiro atoms. The molecule has 0 aliphatic heterocycles. The van der Waals surface area contributed by atoms with Gasteiger partial charge in [-0.2, -0.15) is 8.78 Å². The van der Waals surface area contributed by atoms with E-state index in [1.807, 2.05) is 0 Å². The highest BCUT2D eigenvalue weighted by Crippen LogP contribution is 2.23. The molecule has 0 amide bonds. The standard InChI is InChI=1S/C10H11BrF2O3/c11-5-8(14)9(15)6-2-1-3-7(4-6)16-10(12)13/h1-4,8-10,14-15H,5H2. The van der Waals surface area contributed by atoms with Gasteiger partial charge in [-0.05, 0) is 17.7 Å². The van der Waals surface area contributed by atoms with Crippen LogP contribution in [0.5, 0.6) is 5.75 Å². The van der Waals surface area contributed by atoms with E-state index in [1.54, 1.807) is 0 Å². The first-order chi connectivity index (χ1) is 7.54. The molecule has 0 bridgehead atoms. The summed E-state index contributed by atoms with van der Waals surface area (Å²) in [7, 11) is 0. The summed E-state index contributed by atoms with van der Waals surface area (Å²) in [4.78, 5) is 0. The predicted octanol–water partition coefficient (Wildman–Crippen LogP) is 2.08. The molecule has 0 heterocycles. The number of ether oxygens (including phenoxy) is 1. The molecule has 2 atom stereocenters. The van der Waals surface area contributed by atoms with E-state index in [-0.39, 0.29) is 11.1 Å².